The van der Waals surface area contributed by atoms with Crippen LogP contribution in [0.2, 0.25) is 10.0 Å². The molecule has 3 aromatic rings. The maximum Gasteiger partial charge on any atom is 0.404 e. The number of aliphatic hydroxyl groups is 1. The van der Waals surface area contributed by atoms with Crippen LogP contribution in [0.5, 0.6) is 0 Å². The molecule has 0 aliphatic heterocycles. The molecule has 0 spiro atoms. The fourth-order valence-corrected chi connectivity index (χ4v) is 5.54. The second-order valence-electron chi connectivity index (χ2n) is 7.61. The Morgan fingerprint density at radius 1 is 1.24 bits per heavy atom. The molecule has 176 valence electrons. The van der Waals surface area contributed by atoms with E-state index in [-0.39, 0.29) is 38.0 Å². The summed E-state index contributed by atoms with van der Waals surface area (Å²) in [5.74, 6) is 0.0106. The average molecular weight is 515 g/mol. The van der Waals surface area contributed by atoms with Crippen molar-refractivity contribution in [1.29, 1.82) is 0 Å². The number of hydrogen-bond donors (Lipinski definition) is 2. The molecule has 2 heterocycles. The minimum absolute atomic E-state index is 0.0106. The van der Waals surface area contributed by atoms with Gasteiger partial charge in [-0.2, -0.15) is 4.73 Å². The first-order valence-corrected chi connectivity index (χ1v) is 11.7. The molecule has 0 atom stereocenters. The summed E-state index contributed by atoms with van der Waals surface area (Å²) in [5, 5.41) is 22.0. The minimum Gasteiger partial charge on any atom is -0.619 e. The number of sulfone groups is 1. The van der Waals surface area contributed by atoms with E-state index in [4.69, 9.17) is 33.7 Å². The number of benzene rings is 1. The lowest BCUT2D eigenvalue weighted by Crippen LogP contribution is -2.25. The van der Waals surface area contributed by atoms with E-state index < -0.39 is 28.1 Å². The molecule has 2 aromatic heterocycles. The number of amides is 1. The first-order valence-electron chi connectivity index (χ1n) is 9.42. The van der Waals surface area contributed by atoms with Crippen molar-refractivity contribution in [3.63, 3.8) is 0 Å². The molecule has 13 heteroatoms. The zero-order valence-electron chi connectivity index (χ0n) is 17.5. The molecule has 0 bridgehead atoms. The smallest absolute Gasteiger partial charge is 0.404 e. The Bertz CT molecular complexity index is 1280. The van der Waals surface area contributed by atoms with E-state index in [2.05, 4.69) is 4.98 Å². The standard InChI is InChI=1S/C20H20Cl2N4O6S/c1-20(2,28)17-18(33(30,31)15-8-13(21)7-14(22)9-15)26(16(24-17)11-32-19(23)27)10-12-3-5-25(29)6-4-12/h3-9,28H,10-11H2,1-2H3,(H2,23,27). The zero-order valence-corrected chi connectivity index (χ0v) is 19.9. The molecular formula is C20H20Cl2N4O6S. The highest BCUT2D eigenvalue weighted by molar-refractivity contribution is 7.91. The largest absolute Gasteiger partial charge is 0.619 e. The summed E-state index contributed by atoms with van der Waals surface area (Å²) in [4.78, 5) is 15.2. The van der Waals surface area contributed by atoms with Crippen LogP contribution in [0.3, 0.4) is 0 Å². The Balaban J connectivity index is 2.30. The summed E-state index contributed by atoms with van der Waals surface area (Å²) in [7, 11) is -4.34. The van der Waals surface area contributed by atoms with Gasteiger partial charge in [0.2, 0.25) is 9.84 Å². The number of aromatic nitrogens is 3. The Morgan fingerprint density at radius 3 is 2.33 bits per heavy atom. The maximum atomic E-state index is 13.7. The molecule has 3 rings (SSSR count). The lowest BCUT2D eigenvalue weighted by atomic mass is 10.1. The molecule has 3 N–H and O–H groups in total. The molecule has 0 aliphatic rings. The van der Waals surface area contributed by atoms with Gasteiger partial charge in [-0.25, -0.2) is 18.2 Å². The third-order valence-electron chi connectivity index (χ3n) is 4.54. The number of carbonyl (C=O) groups is 1. The third kappa shape index (κ3) is 5.56. The number of pyridine rings is 1. The summed E-state index contributed by atoms with van der Waals surface area (Å²) in [6.45, 7) is 2.19. The molecule has 0 fully saturated rings. The number of nitrogens with zero attached hydrogens (tertiary/aromatic N) is 3. The summed E-state index contributed by atoms with van der Waals surface area (Å²) >= 11 is 12.0. The van der Waals surface area contributed by atoms with Gasteiger partial charge in [-0.15, -0.1) is 0 Å². The molecule has 33 heavy (non-hydrogen) atoms. The Hall–Kier alpha value is -2.86. The lowest BCUT2D eigenvalue weighted by Gasteiger charge is -2.19. The van der Waals surface area contributed by atoms with Gasteiger partial charge in [0, 0.05) is 22.2 Å². The van der Waals surface area contributed by atoms with E-state index in [1.807, 2.05) is 0 Å². The van der Waals surface area contributed by atoms with Crippen LogP contribution in [0.4, 0.5) is 4.79 Å². The van der Waals surface area contributed by atoms with Crippen molar-refractivity contribution in [1.82, 2.24) is 9.55 Å². The van der Waals surface area contributed by atoms with E-state index in [1.165, 1.54) is 61.1 Å². The topological polar surface area (TPSA) is 151 Å². The van der Waals surface area contributed by atoms with Gasteiger partial charge in [0.15, 0.2) is 24.0 Å². The molecule has 10 nitrogen and oxygen atoms in total. The van der Waals surface area contributed by atoms with Crippen molar-refractivity contribution in [2.24, 2.45) is 5.73 Å². The predicted octanol–water partition coefficient (Wildman–Crippen LogP) is 2.53. The first kappa shape index (κ1) is 24.8. The number of nitrogens with two attached hydrogens (primary N) is 1. The Kier molecular flexibility index (Phi) is 6.89. The van der Waals surface area contributed by atoms with Crippen LogP contribution in [0, 0.1) is 5.21 Å². The number of hydrogen-bond acceptors (Lipinski definition) is 7. The molecule has 0 aliphatic carbocycles. The maximum absolute atomic E-state index is 13.7. The zero-order chi connectivity index (χ0) is 24.6. The van der Waals surface area contributed by atoms with E-state index in [0.29, 0.717) is 10.3 Å². The molecule has 1 amide bonds. The number of halogens is 2. The Morgan fingerprint density at radius 2 is 1.82 bits per heavy atom. The van der Waals surface area contributed by atoms with Crippen molar-refractivity contribution in [2.75, 3.05) is 0 Å². The van der Waals surface area contributed by atoms with Gasteiger partial charge in [0.05, 0.1) is 11.4 Å². The van der Waals surface area contributed by atoms with E-state index in [1.54, 1.807) is 0 Å². The van der Waals surface area contributed by atoms with Crippen LogP contribution >= 0.6 is 23.2 Å². The number of carbonyl (C=O) groups excluding carboxylic acids is 1. The van der Waals surface area contributed by atoms with Gasteiger partial charge in [0.1, 0.15) is 17.1 Å². The van der Waals surface area contributed by atoms with Crippen LogP contribution in [-0.4, -0.2) is 29.2 Å². The van der Waals surface area contributed by atoms with Crippen molar-refractivity contribution in [2.45, 2.75) is 42.5 Å². The summed E-state index contributed by atoms with van der Waals surface area (Å²) in [6.07, 6.45) is 1.40. The fourth-order valence-electron chi connectivity index (χ4n) is 3.09. The minimum atomic E-state index is -4.34. The SMILES string of the molecule is CC(C)(O)c1nc(COC(N)=O)n(Cc2cc[n+]([O-])cc2)c1S(=O)(=O)c1cc(Cl)cc(Cl)c1. The van der Waals surface area contributed by atoms with Gasteiger partial charge in [-0.05, 0) is 37.6 Å². The normalized spacial score (nSPS) is 12.0. The van der Waals surface area contributed by atoms with Gasteiger partial charge in [-0.1, -0.05) is 23.2 Å². The monoisotopic (exact) mass is 514 g/mol. The van der Waals surface area contributed by atoms with Crippen LogP contribution in [0.25, 0.3) is 0 Å². The summed E-state index contributed by atoms with van der Waals surface area (Å²) < 4.78 is 34.2. The van der Waals surface area contributed by atoms with Crippen LogP contribution in [-0.2, 0) is 33.3 Å². The lowest BCUT2D eigenvalue weighted by molar-refractivity contribution is -0.605. The highest BCUT2D eigenvalue weighted by Crippen LogP contribution is 2.34. The average Bonchev–Trinajstić information content (AvgIpc) is 3.07. The number of ether oxygens (including phenoxy) is 1. The van der Waals surface area contributed by atoms with E-state index in [9.17, 15) is 23.5 Å². The molecule has 0 radical (unpaired) electrons. The molecule has 1 aromatic carbocycles. The molecule has 0 saturated heterocycles. The fraction of sp³-hybridized carbons (Fsp3) is 0.250. The van der Waals surface area contributed by atoms with Crippen molar-refractivity contribution >= 4 is 39.1 Å². The van der Waals surface area contributed by atoms with Crippen molar-refractivity contribution < 1.29 is 27.8 Å². The number of primary amides is 1. The third-order valence-corrected chi connectivity index (χ3v) is 6.75. The number of imidazole rings is 1. The van der Waals surface area contributed by atoms with Crippen molar-refractivity contribution in [3.8, 4) is 0 Å². The van der Waals surface area contributed by atoms with Gasteiger partial charge >= 0.3 is 6.09 Å². The second kappa shape index (κ2) is 9.18. The Labute approximate surface area is 199 Å². The predicted molar refractivity (Wildman–Crippen MR) is 118 cm³/mol. The molecular weight excluding hydrogens is 495 g/mol. The summed E-state index contributed by atoms with van der Waals surface area (Å²) in [5.41, 5.74) is 3.73. The quantitative estimate of drug-likeness (QED) is 0.362. The van der Waals surface area contributed by atoms with Gasteiger partial charge in [0.25, 0.3) is 0 Å². The summed E-state index contributed by atoms with van der Waals surface area (Å²) in [6, 6.07) is 6.79. The highest BCUT2D eigenvalue weighted by Gasteiger charge is 2.36. The second-order valence-corrected chi connectivity index (χ2v) is 10.3. The number of rotatable bonds is 7. The highest BCUT2D eigenvalue weighted by atomic mass is 35.5. The van der Waals surface area contributed by atoms with E-state index in [0.717, 1.165) is 0 Å². The molecule has 0 unspecified atom stereocenters. The molecule has 0 saturated carbocycles. The van der Waals surface area contributed by atoms with Gasteiger partial charge < -0.3 is 25.4 Å². The van der Waals surface area contributed by atoms with E-state index >= 15 is 0 Å². The van der Waals surface area contributed by atoms with Gasteiger partial charge in [-0.3, -0.25) is 0 Å². The first-order chi connectivity index (χ1) is 15.3. The van der Waals surface area contributed by atoms with Crippen LogP contribution < -0.4 is 10.5 Å². The van der Waals surface area contributed by atoms with Crippen LogP contribution in [0.15, 0.2) is 52.6 Å². The van der Waals surface area contributed by atoms with Crippen molar-refractivity contribution in [3.05, 3.63) is 75.1 Å². The van der Waals surface area contributed by atoms with Crippen LogP contribution in [0.1, 0.15) is 30.9 Å².